The van der Waals surface area contributed by atoms with Gasteiger partial charge in [-0.2, -0.15) is 0 Å². The van der Waals surface area contributed by atoms with Gasteiger partial charge in [0.05, 0.1) is 6.10 Å². The van der Waals surface area contributed by atoms with Crippen LogP contribution in [0.4, 0.5) is 0 Å². The quantitative estimate of drug-likeness (QED) is 0.786. The van der Waals surface area contributed by atoms with Gasteiger partial charge in [0.15, 0.2) is 6.61 Å². The Morgan fingerprint density at radius 1 is 1.12 bits per heavy atom. The van der Waals surface area contributed by atoms with Crippen molar-refractivity contribution >= 4 is 16.7 Å². The van der Waals surface area contributed by atoms with Crippen molar-refractivity contribution in [3.05, 3.63) is 42.5 Å². The van der Waals surface area contributed by atoms with E-state index in [0.29, 0.717) is 13.2 Å². The highest BCUT2D eigenvalue weighted by atomic mass is 16.5. The molecule has 0 radical (unpaired) electrons. The summed E-state index contributed by atoms with van der Waals surface area (Å²) >= 11 is 0. The predicted octanol–water partition coefficient (Wildman–Crippen LogP) is 2.58. The van der Waals surface area contributed by atoms with Crippen LogP contribution in [-0.2, 0) is 9.53 Å². The monoisotopic (exact) mass is 342 g/mol. The molecular formula is C20H26N2O3. The topological polar surface area (TPSA) is 64.8 Å². The molecule has 0 unspecified atom stereocenters. The number of nitrogens with zero attached hydrogens (tertiary/aromatic N) is 1. The number of carbonyl (C=O) groups is 1. The van der Waals surface area contributed by atoms with Crippen LogP contribution in [0.25, 0.3) is 10.8 Å². The Morgan fingerprint density at radius 2 is 1.88 bits per heavy atom. The first-order valence-electron chi connectivity index (χ1n) is 8.97. The maximum absolute atomic E-state index is 12.3. The van der Waals surface area contributed by atoms with Gasteiger partial charge >= 0.3 is 0 Å². The van der Waals surface area contributed by atoms with Gasteiger partial charge in [0.2, 0.25) is 0 Å². The summed E-state index contributed by atoms with van der Waals surface area (Å²) < 4.78 is 11.5. The summed E-state index contributed by atoms with van der Waals surface area (Å²) in [6.45, 7) is 2.90. The van der Waals surface area contributed by atoms with Gasteiger partial charge in [0, 0.05) is 19.7 Å². The molecule has 25 heavy (non-hydrogen) atoms. The van der Waals surface area contributed by atoms with Crippen LogP contribution in [0.15, 0.2) is 42.5 Å². The molecule has 5 heteroatoms. The van der Waals surface area contributed by atoms with Crippen molar-refractivity contribution in [3.8, 4) is 5.75 Å². The van der Waals surface area contributed by atoms with Crippen molar-refractivity contribution in [1.29, 1.82) is 0 Å². The summed E-state index contributed by atoms with van der Waals surface area (Å²) in [5.74, 6) is 0.764. The second-order valence-corrected chi connectivity index (χ2v) is 6.39. The molecule has 1 aliphatic rings. The third kappa shape index (κ3) is 4.94. The first-order valence-corrected chi connectivity index (χ1v) is 8.97. The highest BCUT2D eigenvalue weighted by Crippen LogP contribution is 2.21. The summed E-state index contributed by atoms with van der Waals surface area (Å²) in [4.78, 5) is 14.2. The molecule has 134 valence electrons. The smallest absolute Gasteiger partial charge is 0.260 e. The van der Waals surface area contributed by atoms with Crippen LogP contribution in [0, 0.1) is 0 Å². The van der Waals surface area contributed by atoms with E-state index in [9.17, 15) is 4.79 Å². The Labute approximate surface area is 148 Å². The van der Waals surface area contributed by atoms with Crippen LogP contribution in [0.2, 0.25) is 0 Å². The molecule has 1 aliphatic heterocycles. The lowest BCUT2D eigenvalue weighted by Gasteiger charge is -2.31. The molecule has 1 amide bonds. The van der Waals surface area contributed by atoms with Gasteiger partial charge in [0.1, 0.15) is 5.75 Å². The molecule has 3 rings (SSSR count). The third-order valence-electron chi connectivity index (χ3n) is 4.58. The number of benzene rings is 2. The summed E-state index contributed by atoms with van der Waals surface area (Å²) in [5.41, 5.74) is 5.47. The van der Waals surface area contributed by atoms with Crippen molar-refractivity contribution < 1.29 is 14.3 Å². The lowest BCUT2D eigenvalue weighted by molar-refractivity contribution is -0.136. The normalized spacial score (nSPS) is 15.5. The number of hydrogen-bond donors (Lipinski definition) is 1. The fourth-order valence-corrected chi connectivity index (χ4v) is 3.10. The van der Waals surface area contributed by atoms with E-state index in [1.54, 1.807) is 0 Å². The molecule has 0 aliphatic carbocycles. The maximum Gasteiger partial charge on any atom is 0.260 e. The summed E-state index contributed by atoms with van der Waals surface area (Å²) in [5, 5.41) is 2.28. The predicted molar refractivity (Wildman–Crippen MR) is 98.7 cm³/mol. The molecule has 1 fully saturated rings. The van der Waals surface area contributed by atoms with E-state index >= 15 is 0 Å². The number of piperidine rings is 1. The minimum atomic E-state index is 0.0357. The summed E-state index contributed by atoms with van der Waals surface area (Å²) in [6.07, 6.45) is 2.90. The number of likely N-dealkylation sites (tertiary alicyclic amines) is 1. The Morgan fingerprint density at radius 3 is 2.64 bits per heavy atom. The molecule has 2 aromatic rings. The van der Waals surface area contributed by atoms with Crippen LogP contribution in [-0.4, -0.2) is 49.8 Å². The number of carbonyl (C=O) groups excluding carboxylic acids is 1. The lowest BCUT2D eigenvalue weighted by atomic mass is 10.1. The van der Waals surface area contributed by atoms with Crippen LogP contribution in [0.3, 0.4) is 0 Å². The first-order chi connectivity index (χ1) is 12.3. The van der Waals surface area contributed by atoms with Gasteiger partial charge in [-0.05, 0) is 48.7 Å². The van der Waals surface area contributed by atoms with Gasteiger partial charge in [-0.15, -0.1) is 0 Å². The maximum atomic E-state index is 12.3. The van der Waals surface area contributed by atoms with E-state index in [1.807, 2.05) is 41.3 Å². The molecule has 0 saturated carbocycles. The molecule has 1 saturated heterocycles. The standard InChI is InChI=1S/C20H26N2O3/c21-10-3-13-24-18-8-11-22(12-9-18)20(23)15-25-19-7-6-16-4-1-2-5-17(16)14-19/h1-2,4-7,14,18H,3,8-13,15,21H2. The largest absolute Gasteiger partial charge is 0.484 e. The molecule has 0 aromatic heterocycles. The number of rotatable bonds is 7. The fourth-order valence-electron chi connectivity index (χ4n) is 3.10. The van der Waals surface area contributed by atoms with Gasteiger partial charge in [0.25, 0.3) is 5.91 Å². The van der Waals surface area contributed by atoms with Crippen molar-refractivity contribution in [2.24, 2.45) is 5.73 Å². The molecule has 2 aromatic carbocycles. The first kappa shape index (κ1) is 17.7. The fraction of sp³-hybridized carbons (Fsp3) is 0.450. The zero-order chi connectivity index (χ0) is 17.5. The molecule has 0 spiro atoms. The van der Waals surface area contributed by atoms with Gasteiger partial charge < -0.3 is 20.1 Å². The molecule has 1 heterocycles. The van der Waals surface area contributed by atoms with Gasteiger partial charge in [-0.3, -0.25) is 4.79 Å². The Hall–Kier alpha value is -2.11. The molecule has 2 N–H and O–H groups in total. The van der Waals surface area contributed by atoms with Crippen LogP contribution < -0.4 is 10.5 Å². The highest BCUT2D eigenvalue weighted by molar-refractivity contribution is 5.84. The van der Waals surface area contributed by atoms with E-state index < -0.39 is 0 Å². The second-order valence-electron chi connectivity index (χ2n) is 6.39. The van der Waals surface area contributed by atoms with E-state index in [1.165, 1.54) is 0 Å². The summed E-state index contributed by atoms with van der Waals surface area (Å²) in [6, 6.07) is 14.0. The van der Waals surface area contributed by atoms with Crippen molar-refractivity contribution in [1.82, 2.24) is 4.90 Å². The molecular weight excluding hydrogens is 316 g/mol. The van der Waals surface area contributed by atoms with Crippen molar-refractivity contribution in [2.75, 3.05) is 32.8 Å². The number of hydrogen-bond acceptors (Lipinski definition) is 4. The zero-order valence-corrected chi connectivity index (χ0v) is 14.5. The number of amides is 1. The highest BCUT2D eigenvalue weighted by Gasteiger charge is 2.23. The number of fused-ring (bicyclic) bond motifs is 1. The van der Waals surface area contributed by atoms with Crippen LogP contribution >= 0.6 is 0 Å². The van der Waals surface area contributed by atoms with E-state index in [4.69, 9.17) is 15.2 Å². The van der Waals surface area contributed by atoms with Crippen molar-refractivity contribution in [3.63, 3.8) is 0 Å². The minimum absolute atomic E-state index is 0.0357. The molecule has 0 bridgehead atoms. The average molecular weight is 342 g/mol. The van der Waals surface area contributed by atoms with E-state index in [-0.39, 0.29) is 18.6 Å². The van der Waals surface area contributed by atoms with Gasteiger partial charge in [-0.1, -0.05) is 30.3 Å². The zero-order valence-electron chi connectivity index (χ0n) is 14.5. The minimum Gasteiger partial charge on any atom is -0.484 e. The second kappa shape index (κ2) is 8.83. The van der Waals surface area contributed by atoms with Crippen LogP contribution in [0.1, 0.15) is 19.3 Å². The molecule has 0 atom stereocenters. The van der Waals surface area contributed by atoms with E-state index in [2.05, 4.69) is 6.07 Å². The van der Waals surface area contributed by atoms with Crippen LogP contribution in [0.5, 0.6) is 5.75 Å². The number of nitrogens with two attached hydrogens (primary N) is 1. The average Bonchev–Trinajstić information content (AvgIpc) is 2.66. The lowest BCUT2D eigenvalue weighted by Crippen LogP contribution is -2.43. The SMILES string of the molecule is NCCCOC1CCN(C(=O)COc2ccc3ccccc3c2)CC1. The molecule has 5 nitrogen and oxygen atoms in total. The Balaban J connectivity index is 1.44. The van der Waals surface area contributed by atoms with E-state index in [0.717, 1.165) is 48.9 Å². The Bertz CT molecular complexity index is 696. The third-order valence-corrected chi connectivity index (χ3v) is 4.58. The number of ether oxygens (including phenoxy) is 2. The van der Waals surface area contributed by atoms with Crippen molar-refractivity contribution in [2.45, 2.75) is 25.4 Å². The van der Waals surface area contributed by atoms with Gasteiger partial charge in [-0.25, -0.2) is 0 Å². The Kier molecular flexibility index (Phi) is 6.25. The summed E-state index contributed by atoms with van der Waals surface area (Å²) in [7, 11) is 0.